The number of nitrogens with two attached hydrogens (primary N) is 1. The number of benzene rings is 2. The third kappa shape index (κ3) is 5.37. The van der Waals surface area contributed by atoms with Crippen molar-refractivity contribution in [1.82, 2.24) is 5.32 Å². The van der Waals surface area contributed by atoms with E-state index in [0.29, 0.717) is 22.7 Å². The molecule has 0 fully saturated rings. The highest BCUT2D eigenvalue weighted by molar-refractivity contribution is 5.78. The first-order valence-electron chi connectivity index (χ1n) is 7.74. The van der Waals surface area contributed by atoms with Gasteiger partial charge in [-0.2, -0.15) is 0 Å². The highest BCUT2D eigenvalue weighted by atomic mass is 16.5. The van der Waals surface area contributed by atoms with E-state index in [2.05, 4.69) is 5.32 Å². The molecule has 0 radical (unpaired) electrons. The Balaban J connectivity index is 1.88. The molecule has 2 unspecified atom stereocenters. The largest absolute Gasteiger partial charge is 0.497 e. The van der Waals surface area contributed by atoms with Gasteiger partial charge in [0.15, 0.2) is 6.61 Å². The Morgan fingerprint density at radius 2 is 1.72 bits per heavy atom. The van der Waals surface area contributed by atoms with Crippen LogP contribution in [0.5, 0.6) is 11.5 Å². The predicted molar refractivity (Wildman–Crippen MR) is 93.3 cm³/mol. The lowest BCUT2D eigenvalue weighted by atomic mass is 10.0. The molecule has 0 aromatic heterocycles. The molecule has 0 spiro atoms. The normalized spacial score (nSPS) is 12.9. The molecule has 7 heteroatoms. The number of hydrogen-bond acceptors (Lipinski definition) is 6. The van der Waals surface area contributed by atoms with Crippen LogP contribution in [0.1, 0.15) is 11.7 Å². The standard InChI is InChI=1S/C18H22N2O5/c1-24-14-6-8-15(9-7-14)25-11-17(22)20-16(10-21)18(23)12-2-4-13(19)5-3-12/h2-9,16,18,21,23H,10-11,19H2,1H3,(H,20,22). The Hall–Kier alpha value is -2.77. The minimum Gasteiger partial charge on any atom is -0.497 e. The summed E-state index contributed by atoms with van der Waals surface area (Å²) < 4.78 is 10.4. The van der Waals surface area contributed by atoms with Gasteiger partial charge in [0, 0.05) is 5.69 Å². The molecule has 0 bridgehead atoms. The fraction of sp³-hybridized carbons (Fsp3) is 0.278. The van der Waals surface area contributed by atoms with Crippen molar-refractivity contribution in [3.8, 4) is 11.5 Å². The van der Waals surface area contributed by atoms with Crippen LogP contribution in [0.25, 0.3) is 0 Å². The van der Waals surface area contributed by atoms with Crippen molar-refractivity contribution in [2.75, 3.05) is 26.1 Å². The summed E-state index contributed by atoms with van der Waals surface area (Å²) in [7, 11) is 1.56. The second kappa shape index (κ2) is 8.91. The number of aliphatic hydroxyl groups excluding tert-OH is 2. The van der Waals surface area contributed by atoms with Gasteiger partial charge < -0.3 is 30.7 Å². The molecule has 5 N–H and O–H groups in total. The molecule has 1 amide bonds. The Kier molecular flexibility index (Phi) is 6.62. The van der Waals surface area contributed by atoms with Gasteiger partial charge in [0.1, 0.15) is 17.6 Å². The molecule has 134 valence electrons. The van der Waals surface area contributed by atoms with Crippen LogP contribution in [-0.4, -0.2) is 42.5 Å². The number of nitrogens with one attached hydrogen (secondary N) is 1. The van der Waals surface area contributed by atoms with Crippen LogP contribution >= 0.6 is 0 Å². The highest BCUT2D eigenvalue weighted by Crippen LogP contribution is 2.19. The number of nitrogen functional groups attached to an aromatic ring is 1. The number of rotatable bonds is 8. The van der Waals surface area contributed by atoms with E-state index in [1.165, 1.54) is 0 Å². The van der Waals surface area contributed by atoms with E-state index in [9.17, 15) is 15.0 Å². The summed E-state index contributed by atoms with van der Waals surface area (Å²) >= 11 is 0. The molecular formula is C18H22N2O5. The lowest BCUT2D eigenvalue weighted by Crippen LogP contribution is -2.43. The number of carbonyl (C=O) groups excluding carboxylic acids is 1. The van der Waals surface area contributed by atoms with Gasteiger partial charge in [-0.05, 0) is 42.0 Å². The topological polar surface area (TPSA) is 114 Å². The zero-order chi connectivity index (χ0) is 18.2. The van der Waals surface area contributed by atoms with Gasteiger partial charge >= 0.3 is 0 Å². The number of aliphatic hydroxyl groups is 2. The molecule has 2 aromatic carbocycles. The quantitative estimate of drug-likeness (QED) is 0.527. The second-order valence-corrected chi connectivity index (χ2v) is 5.43. The van der Waals surface area contributed by atoms with E-state index in [4.69, 9.17) is 15.2 Å². The van der Waals surface area contributed by atoms with Crippen LogP contribution < -0.4 is 20.5 Å². The Morgan fingerprint density at radius 1 is 1.12 bits per heavy atom. The zero-order valence-corrected chi connectivity index (χ0v) is 13.9. The maximum Gasteiger partial charge on any atom is 0.258 e. The van der Waals surface area contributed by atoms with Crippen LogP contribution in [0.15, 0.2) is 48.5 Å². The van der Waals surface area contributed by atoms with E-state index in [1.54, 1.807) is 55.6 Å². The van der Waals surface area contributed by atoms with Gasteiger partial charge in [0.2, 0.25) is 0 Å². The van der Waals surface area contributed by atoms with Gasteiger partial charge in [-0.15, -0.1) is 0 Å². The first kappa shape index (κ1) is 18.6. The number of ether oxygens (including phenoxy) is 2. The molecule has 0 heterocycles. The first-order valence-corrected chi connectivity index (χ1v) is 7.74. The van der Waals surface area contributed by atoms with E-state index in [0.717, 1.165) is 0 Å². The summed E-state index contributed by atoms with van der Waals surface area (Å²) in [4.78, 5) is 12.0. The molecule has 0 saturated carbocycles. The molecule has 2 atom stereocenters. The fourth-order valence-corrected chi connectivity index (χ4v) is 2.22. The number of methoxy groups -OCH3 is 1. The van der Waals surface area contributed by atoms with Crippen molar-refractivity contribution in [3.05, 3.63) is 54.1 Å². The maximum absolute atomic E-state index is 12.0. The molecule has 0 aliphatic rings. The average Bonchev–Trinajstić information content (AvgIpc) is 2.65. The second-order valence-electron chi connectivity index (χ2n) is 5.43. The Labute approximate surface area is 146 Å². The molecule has 25 heavy (non-hydrogen) atoms. The number of amides is 1. The van der Waals surface area contributed by atoms with Crippen molar-refractivity contribution >= 4 is 11.6 Å². The summed E-state index contributed by atoms with van der Waals surface area (Å²) in [6.07, 6.45) is -1.06. The summed E-state index contributed by atoms with van der Waals surface area (Å²) in [5.74, 6) is 0.740. The third-order valence-electron chi connectivity index (χ3n) is 3.63. The van der Waals surface area contributed by atoms with E-state index < -0.39 is 24.7 Å². The fourth-order valence-electron chi connectivity index (χ4n) is 2.22. The molecule has 0 aliphatic heterocycles. The maximum atomic E-state index is 12.0. The van der Waals surface area contributed by atoms with Crippen LogP contribution in [-0.2, 0) is 4.79 Å². The van der Waals surface area contributed by atoms with Crippen LogP contribution in [0.2, 0.25) is 0 Å². The zero-order valence-electron chi connectivity index (χ0n) is 13.9. The number of carbonyl (C=O) groups is 1. The van der Waals surface area contributed by atoms with E-state index >= 15 is 0 Å². The number of hydrogen-bond donors (Lipinski definition) is 4. The van der Waals surface area contributed by atoms with E-state index in [1.807, 2.05) is 0 Å². The average molecular weight is 346 g/mol. The molecule has 2 rings (SSSR count). The highest BCUT2D eigenvalue weighted by Gasteiger charge is 2.22. The summed E-state index contributed by atoms with van der Waals surface area (Å²) in [5.41, 5.74) is 6.71. The molecule has 0 aliphatic carbocycles. The van der Waals surface area contributed by atoms with Crippen LogP contribution in [0, 0.1) is 0 Å². The minimum atomic E-state index is -1.06. The van der Waals surface area contributed by atoms with Gasteiger partial charge in [0.05, 0.1) is 19.8 Å². The van der Waals surface area contributed by atoms with Gasteiger partial charge in [0.25, 0.3) is 5.91 Å². The Bertz CT molecular complexity index is 673. The predicted octanol–water partition coefficient (Wildman–Crippen LogP) is 0.867. The van der Waals surface area contributed by atoms with E-state index in [-0.39, 0.29) is 6.61 Å². The smallest absolute Gasteiger partial charge is 0.258 e. The SMILES string of the molecule is COc1ccc(OCC(=O)NC(CO)C(O)c2ccc(N)cc2)cc1. The van der Waals surface area contributed by atoms with Crippen LogP contribution in [0.3, 0.4) is 0 Å². The first-order chi connectivity index (χ1) is 12.0. The number of anilines is 1. The lowest BCUT2D eigenvalue weighted by Gasteiger charge is -2.22. The Morgan fingerprint density at radius 3 is 2.28 bits per heavy atom. The van der Waals surface area contributed by atoms with Crippen molar-refractivity contribution < 1.29 is 24.5 Å². The van der Waals surface area contributed by atoms with Crippen molar-refractivity contribution in [2.24, 2.45) is 0 Å². The molecular weight excluding hydrogens is 324 g/mol. The summed E-state index contributed by atoms with van der Waals surface area (Å²) in [5, 5.41) is 22.3. The summed E-state index contributed by atoms with van der Waals surface area (Å²) in [6.45, 7) is -0.656. The summed E-state index contributed by atoms with van der Waals surface area (Å²) in [6, 6.07) is 12.5. The monoisotopic (exact) mass is 346 g/mol. The van der Waals surface area contributed by atoms with Gasteiger partial charge in [-0.25, -0.2) is 0 Å². The minimum absolute atomic E-state index is 0.239. The van der Waals surface area contributed by atoms with Crippen LogP contribution in [0.4, 0.5) is 5.69 Å². The van der Waals surface area contributed by atoms with Gasteiger partial charge in [-0.3, -0.25) is 4.79 Å². The van der Waals surface area contributed by atoms with Gasteiger partial charge in [-0.1, -0.05) is 12.1 Å². The van der Waals surface area contributed by atoms with Crippen molar-refractivity contribution in [2.45, 2.75) is 12.1 Å². The molecule has 2 aromatic rings. The lowest BCUT2D eigenvalue weighted by molar-refractivity contribution is -0.125. The van der Waals surface area contributed by atoms with Crippen molar-refractivity contribution in [1.29, 1.82) is 0 Å². The molecule has 7 nitrogen and oxygen atoms in total. The third-order valence-corrected chi connectivity index (χ3v) is 3.63. The van der Waals surface area contributed by atoms with Crippen molar-refractivity contribution in [3.63, 3.8) is 0 Å². The molecule has 0 saturated heterocycles.